The zero-order valence-electron chi connectivity index (χ0n) is 11.5. The summed E-state index contributed by atoms with van der Waals surface area (Å²) < 4.78 is 5.00. The van der Waals surface area contributed by atoms with Crippen LogP contribution in [0.5, 0.6) is 0 Å². The van der Waals surface area contributed by atoms with Gasteiger partial charge in [0, 0.05) is 6.42 Å². The van der Waals surface area contributed by atoms with Crippen LogP contribution in [0.2, 0.25) is 0 Å². The molecule has 6 nitrogen and oxygen atoms in total. The Morgan fingerprint density at radius 2 is 2.10 bits per heavy atom. The molecule has 1 N–H and O–H groups in total. The fraction of sp³-hybridized carbons (Fsp3) is 0.333. The molecule has 0 radical (unpaired) electrons. The van der Waals surface area contributed by atoms with Crippen LogP contribution in [-0.4, -0.2) is 24.4 Å². The molecule has 108 valence electrons. The molecule has 1 aliphatic rings. The van der Waals surface area contributed by atoms with Gasteiger partial charge in [-0.15, -0.1) is 0 Å². The van der Waals surface area contributed by atoms with Crippen LogP contribution in [0.25, 0.3) is 0 Å². The second-order valence-corrected chi connectivity index (χ2v) is 4.68. The fourth-order valence-electron chi connectivity index (χ4n) is 2.50. The summed E-state index contributed by atoms with van der Waals surface area (Å²) in [5.74, 6) is -3.02. The number of nitrogens with zero attached hydrogens (tertiary/aromatic N) is 1. The van der Waals surface area contributed by atoms with Crippen LogP contribution < -0.4 is 5.32 Å². The number of carbonyl (C=O) groups excluding carboxylic acids is 3. The van der Waals surface area contributed by atoms with E-state index < -0.39 is 29.1 Å². The van der Waals surface area contributed by atoms with Gasteiger partial charge in [0.15, 0.2) is 5.41 Å². The average molecular weight is 286 g/mol. The molecule has 6 heteroatoms. The van der Waals surface area contributed by atoms with E-state index in [1.165, 1.54) is 0 Å². The smallest absolute Gasteiger partial charge is 0.331 e. The van der Waals surface area contributed by atoms with Crippen LogP contribution in [0.1, 0.15) is 18.9 Å². The van der Waals surface area contributed by atoms with E-state index in [-0.39, 0.29) is 13.0 Å². The SMILES string of the molecule is CCOC(=O)[C@@](C#N)(c1ccccc1)[C@@H]1CC(=O)NC1=O. The third-order valence-corrected chi connectivity index (χ3v) is 3.49. The average Bonchev–Trinajstić information content (AvgIpc) is 2.81. The number of nitrogens with one attached hydrogen (secondary N) is 1. The first-order chi connectivity index (χ1) is 10.1. The Labute approximate surface area is 121 Å². The molecule has 1 heterocycles. The lowest BCUT2D eigenvalue weighted by Crippen LogP contribution is -2.46. The second-order valence-electron chi connectivity index (χ2n) is 4.68. The quantitative estimate of drug-likeness (QED) is 0.648. The van der Waals surface area contributed by atoms with E-state index in [9.17, 15) is 19.6 Å². The minimum atomic E-state index is -1.81. The summed E-state index contributed by atoms with van der Waals surface area (Å²) in [5, 5.41) is 11.8. The van der Waals surface area contributed by atoms with Crippen LogP contribution in [0.3, 0.4) is 0 Å². The van der Waals surface area contributed by atoms with Gasteiger partial charge in [0.05, 0.1) is 18.6 Å². The molecule has 0 bridgehead atoms. The number of amides is 2. The minimum absolute atomic E-state index is 0.0807. The molecule has 1 saturated heterocycles. The van der Waals surface area contributed by atoms with E-state index in [0.717, 1.165) is 0 Å². The summed E-state index contributed by atoms with van der Waals surface area (Å²) >= 11 is 0. The molecular formula is C15H14N2O4. The van der Waals surface area contributed by atoms with E-state index in [1.807, 2.05) is 6.07 Å². The van der Waals surface area contributed by atoms with Gasteiger partial charge >= 0.3 is 5.97 Å². The van der Waals surface area contributed by atoms with Gasteiger partial charge in [0.2, 0.25) is 11.8 Å². The molecule has 1 fully saturated rings. The number of esters is 1. The Kier molecular flexibility index (Phi) is 4.03. The maximum atomic E-state index is 12.4. The summed E-state index contributed by atoms with van der Waals surface area (Å²) in [6.07, 6.45) is -0.208. The number of carbonyl (C=O) groups is 3. The highest BCUT2D eigenvalue weighted by atomic mass is 16.5. The normalized spacial score (nSPS) is 20.3. The maximum Gasteiger partial charge on any atom is 0.331 e. The Morgan fingerprint density at radius 1 is 1.43 bits per heavy atom. The highest BCUT2D eigenvalue weighted by Gasteiger charge is 2.55. The topological polar surface area (TPSA) is 96.3 Å². The summed E-state index contributed by atoms with van der Waals surface area (Å²) in [5.41, 5.74) is -1.46. The molecule has 0 aromatic heterocycles. The van der Waals surface area contributed by atoms with E-state index in [2.05, 4.69) is 5.32 Å². The lowest BCUT2D eigenvalue weighted by atomic mass is 9.70. The first-order valence-electron chi connectivity index (χ1n) is 6.54. The largest absolute Gasteiger partial charge is 0.465 e. The Morgan fingerprint density at radius 3 is 2.57 bits per heavy atom. The monoisotopic (exact) mass is 286 g/mol. The number of benzene rings is 1. The van der Waals surface area contributed by atoms with Crippen LogP contribution in [0.15, 0.2) is 30.3 Å². The van der Waals surface area contributed by atoms with Gasteiger partial charge in [0.25, 0.3) is 0 Å². The standard InChI is InChI=1S/C15H14N2O4/c1-2-21-14(20)15(9-16,10-6-4-3-5-7-10)11-8-12(18)17-13(11)19/h3-7,11H,2,8H2,1H3,(H,17,18,19)/t11-,15+/m1/s1. The molecule has 0 saturated carbocycles. The molecule has 1 aliphatic heterocycles. The Bertz CT molecular complexity index is 620. The van der Waals surface area contributed by atoms with Crippen molar-refractivity contribution < 1.29 is 19.1 Å². The van der Waals surface area contributed by atoms with Crippen molar-refractivity contribution in [3.63, 3.8) is 0 Å². The van der Waals surface area contributed by atoms with Gasteiger partial charge in [-0.1, -0.05) is 30.3 Å². The van der Waals surface area contributed by atoms with E-state index >= 15 is 0 Å². The van der Waals surface area contributed by atoms with Gasteiger partial charge in [0.1, 0.15) is 0 Å². The number of imide groups is 1. The fourth-order valence-corrected chi connectivity index (χ4v) is 2.50. The maximum absolute atomic E-state index is 12.4. The third kappa shape index (κ3) is 2.38. The minimum Gasteiger partial charge on any atom is -0.465 e. The van der Waals surface area contributed by atoms with Crippen molar-refractivity contribution in [3.05, 3.63) is 35.9 Å². The zero-order chi connectivity index (χ0) is 15.5. The number of rotatable bonds is 4. The summed E-state index contributed by atoms with van der Waals surface area (Å²) in [6.45, 7) is 1.70. The molecule has 1 aromatic rings. The number of nitriles is 1. The van der Waals surface area contributed by atoms with Crippen molar-refractivity contribution in [1.82, 2.24) is 5.32 Å². The lowest BCUT2D eigenvalue weighted by Gasteiger charge is -2.28. The van der Waals surface area contributed by atoms with E-state index in [4.69, 9.17) is 4.74 Å². The highest BCUT2D eigenvalue weighted by Crippen LogP contribution is 2.37. The van der Waals surface area contributed by atoms with Crippen molar-refractivity contribution >= 4 is 17.8 Å². The number of hydrogen-bond acceptors (Lipinski definition) is 5. The molecule has 2 rings (SSSR count). The predicted octanol–water partition coefficient (Wildman–Crippen LogP) is 0.674. The Balaban J connectivity index is 2.58. The van der Waals surface area contributed by atoms with Gasteiger partial charge in [-0.2, -0.15) is 5.26 Å². The summed E-state index contributed by atoms with van der Waals surface area (Å²) in [4.78, 5) is 35.8. The van der Waals surface area contributed by atoms with E-state index in [0.29, 0.717) is 5.56 Å². The van der Waals surface area contributed by atoms with Crippen LogP contribution in [-0.2, 0) is 24.5 Å². The summed E-state index contributed by atoms with van der Waals surface area (Å²) in [7, 11) is 0. The molecule has 21 heavy (non-hydrogen) atoms. The molecular weight excluding hydrogens is 272 g/mol. The Hall–Kier alpha value is -2.68. The molecule has 2 atom stereocenters. The molecule has 0 aliphatic carbocycles. The van der Waals surface area contributed by atoms with Crippen LogP contribution in [0, 0.1) is 17.2 Å². The van der Waals surface area contributed by atoms with Crippen molar-refractivity contribution in [1.29, 1.82) is 5.26 Å². The van der Waals surface area contributed by atoms with E-state index in [1.54, 1.807) is 37.3 Å². The molecule has 0 unspecified atom stereocenters. The first-order valence-corrected chi connectivity index (χ1v) is 6.54. The number of ether oxygens (including phenoxy) is 1. The first kappa shape index (κ1) is 14.7. The third-order valence-electron chi connectivity index (χ3n) is 3.49. The summed E-state index contributed by atoms with van der Waals surface area (Å²) in [6, 6.07) is 10.1. The van der Waals surface area contributed by atoms with Gasteiger partial charge in [-0.25, -0.2) is 4.79 Å². The van der Waals surface area contributed by atoms with Crippen molar-refractivity contribution in [3.8, 4) is 6.07 Å². The predicted molar refractivity (Wildman–Crippen MR) is 71.6 cm³/mol. The van der Waals surface area contributed by atoms with Crippen molar-refractivity contribution in [2.75, 3.05) is 6.61 Å². The van der Waals surface area contributed by atoms with Crippen molar-refractivity contribution in [2.45, 2.75) is 18.8 Å². The van der Waals surface area contributed by atoms with Gasteiger partial charge < -0.3 is 4.74 Å². The van der Waals surface area contributed by atoms with Gasteiger partial charge in [-0.3, -0.25) is 14.9 Å². The van der Waals surface area contributed by atoms with Crippen LogP contribution >= 0.6 is 0 Å². The number of hydrogen-bond donors (Lipinski definition) is 1. The molecule has 2 amide bonds. The highest BCUT2D eigenvalue weighted by molar-refractivity contribution is 6.08. The van der Waals surface area contributed by atoms with Crippen LogP contribution in [0.4, 0.5) is 0 Å². The van der Waals surface area contributed by atoms with Crippen molar-refractivity contribution in [2.24, 2.45) is 5.92 Å². The van der Waals surface area contributed by atoms with Gasteiger partial charge in [-0.05, 0) is 12.5 Å². The lowest BCUT2D eigenvalue weighted by molar-refractivity contribution is -0.151. The molecule has 0 spiro atoms. The second kappa shape index (κ2) is 5.75. The molecule has 1 aromatic carbocycles. The zero-order valence-corrected chi connectivity index (χ0v) is 11.5.